The molecule has 0 aliphatic carbocycles. The maximum atomic E-state index is 3.62. The molecule has 0 aromatic carbocycles. The summed E-state index contributed by atoms with van der Waals surface area (Å²) >= 11 is 1.48. The van der Waals surface area contributed by atoms with E-state index >= 15 is 0 Å². The number of thiazole rings is 1. The van der Waals surface area contributed by atoms with Gasteiger partial charge in [-0.25, -0.2) is 0 Å². The second-order valence-electron chi connectivity index (χ2n) is 0.623. The smallest absolute Gasteiger partial charge is 0 e. The van der Waals surface area contributed by atoms with E-state index in [1.807, 2.05) is 5.38 Å². The van der Waals surface area contributed by atoms with E-state index in [1.165, 1.54) is 11.3 Å². The van der Waals surface area contributed by atoms with Crippen LogP contribution >= 0.6 is 11.3 Å². The molecule has 0 fully saturated rings. The Bertz CT molecular complexity index is 67.3. The van der Waals surface area contributed by atoms with E-state index in [0.29, 0.717) is 0 Å². The minimum atomic E-state index is 0. The molecule has 1 radical (unpaired) electrons. The molecule has 3 heteroatoms. The fourth-order valence-corrected chi connectivity index (χ4v) is 0.456. The summed E-state index contributed by atoms with van der Waals surface area (Å²) < 4.78 is 0. The first-order valence-corrected chi connectivity index (χ1v) is 2.13. The molecule has 0 bridgehead atoms. The van der Waals surface area contributed by atoms with Crippen molar-refractivity contribution in [2.45, 2.75) is 0 Å². The van der Waals surface area contributed by atoms with Gasteiger partial charge in [0, 0.05) is 20.1 Å². The summed E-state index contributed by atoms with van der Waals surface area (Å²) in [6, 6.07) is 0. The molecule has 35 valence electrons. The average Bonchev–Trinajstić information content (AvgIpc) is 1.76. The SMILES string of the molecule is [Ir].[c-]1nccs1. The Morgan fingerprint density at radius 2 is 2.50 bits per heavy atom. The number of rotatable bonds is 0. The van der Waals surface area contributed by atoms with Crippen molar-refractivity contribution < 1.29 is 20.1 Å². The van der Waals surface area contributed by atoms with Crippen LogP contribution < -0.4 is 0 Å². The summed E-state index contributed by atoms with van der Waals surface area (Å²) in [6.45, 7) is 0. The van der Waals surface area contributed by atoms with Gasteiger partial charge in [0.05, 0.1) is 0 Å². The summed E-state index contributed by atoms with van der Waals surface area (Å²) in [4.78, 5) is 3.62. The molecular weight excluding hydrogens is 274 g/mol. The van der Waals surface area contributed by atoms with Crippen molar-refractivity contribution in [3.8, 4) is 0 Å². The van der Waals surface area contributed by atoms with Gasteiger partial charge in [-0.2, -0.15) is 0 Å². The van der Waals surface area contributed by atoms with Crippen molar-refractivity contribution in [3.05, 3.63) is 17.1 Å². The van der Waals surface area contributed by atoms with Crippen molar-refractivity contribution in [2.24, 2.45) is 0 Å². The molecule has 0 amide bonds. The number of aromatic nitrogens is 1. The number of hydrogen-bond acceptors (Lipinski definition) is 2. The standard InChI is InChI=1S/C3H2NS.Ir/c1-2-5-3-4-1;/h1-2H;/q-1;. The predicted molar refractivity (Wildman–Crippen MR) is 20.9 cm³/mol. The summed E-state index contributed by atoms with van der Waals surface area (Å²) in [5, 5.41) is 1.88. The van der Waals surface area contributed by atoms with E-state index in [4.69, 9.17) is 0 Å². The van der Waals surface area contributed by atoms with Crippen LogP contribution in [0.1, 0.15) is 0 Å². The Hall–Kier alpha value is 0.279. The molecule has 0 aliphatic rings. The third-order valence-corrected chi connectivity index (χ3v) is 0.777. The normalized spacial score (nSPS) is 6.67. The molecule has 1 aromatic heterocycles. The molecule has 0 unspecified atom stereocenters. The molecule has 0 spiro atoms. The topological polar surface area (TPSA) is 12.9 Å². The first kappa shape index (κ1) is 6.28. The van der Waals surface area contributed by atoms with E-state index in [2.05, 4.69) is 10.5 Å². The molecule has 0 atom stereocenters. The van der Waals surface area contributed by atoms with Gasteiger partial charge < -0.3 is 4.98 Å². The molecule has 0 saturated heterocycles. The van der Waals surface area contributed by atoms with Gasteiger partial charge in [0.25, 0.3) is 0 Å². The molecule has 6 heavy (non-hydrogen) atoms. The van der Waals surface area contributed by atoms with Gasteiger partial charge in [-0.15, -0.1) is 11.6 Å². The van der Waals surface area contributed by atoms with Gasteiger partial charge in [0.2, 0.25) is 0 Å². The summed E-state index contributed by atoms with van der Waals surface area (Å²) in [5.74, 6) is 0. The molecule has 0 saturated carbocycles. The fourth-order valence-electron chi connectivity index (χ4n) is 0.152. The third kappa shape index (κ3) is 1.65. The van der Waals surface area contributed by atoms with Crippen LogP contribution in [-0.4, -0.2) is 4.98 Å². The minimum absolute atomic E-state index is 0. The van der Waals surface area contributed by atoms with Gasteiger partial charge in [0.15, 0.2) is 0 Å². The van der Waals surface area contributed by atoms with E-state index in [9.17, 15) is 0 Å². The zero-order chi connectivity index (χ0) is 3.54. The summed E-state index contributed by atoms with van der Waals surface area (Å²) in [7, 11) is 0. The van der Waals surface area contributed by atoms with Crippen LogP contribution in [0.5, 0.6) is 0 Å². The van der Waals surface area contributed by atoms with E-state index in [-0.39, 0.29) is 20.1 Å². The molecule has 0 aliphatic heterocycles. The maximum absolute atomic E-state index is 3.62. The van der Waals surface area contributed by atoms with Crippen molar-refractivity contribution in [1.29, 1.82) is 0 Å². The molecule has 0 N–H and O–H groups in total. The maximum Gasteiger partial charge on any atom is 0 e. The van der Waals surface area contributed by atoms with Crippen LogP contribution in [0.15, 0.2) is 11.6 Å². The van der Waals surface area contributed by atoms with Crippen LogP contribution in [-0.2, 0) is 20.1 Å². The molecule has 1 heterocycles. The number of hydrogen-bond donors (Lipinski definition) is 0. The van der Waals surface area contributed by atoms with Crippen LogP contribution in [0.3, 0.4) is 0 Å². The van der Waals surface area contributed by atoms with Gasteiger partial charge in [-0.3, -0.25) is 11.3 Å². The first-order valence-electron chi connectivity index (χ1n) is 1.25. The van der Waals surface area contributed by atoms with E-state index in [1.54, 1.807) is 6.20 Å². The first-order chi connectivity index (χ1) is 2.50. The van der Waals surface area contributed by atoms with Crippen LogP contribution in [0.2, 0.25) is 0 Å². The second-order valence-corrected chi connectivity index (χ2v) is 1.31. The second kappa shape index (κ2) is 3.47. The van der Waals surface area contributed by atoms with Crippen molar-refractivity contribution in [3.63, 3.8) is 0 Å². The Kier molecular flexibility index (Phi) is 3.63. The molecule has 1 nitrogen and oxygen atoms in total. The van der Waals surface area contributed by atoms with Crippen molar-refractivity contribution in [2.75, 3.05) is 0 Å². The van der Waals surface area contributed by atoms with Crippen molar-refractivity contribution in [1.82, 2.24) is 4.98 Å². The number of nitrogens with zero attached hydrogens (tertiary/aromatic N) is 1. The van der Waals surface area contributed by atoms with Gasteiger partial charge in [-0.05, 0) is 5.51 Å². The zero-order valence-electron chi connectivity index (χ0n) is 2.84. The van der Waals surface area contributed by atoms with E-state index < -0.39 is 0 Å². The van der Waals surface area contributed by atoms with Gasteiger partial charge >= 0.3 is 0 Å². The quantitative estimate of drug-likeness (QED) is 0.643. The molecule has 1 aromatic rings. The Morgan fingerprint density at radius 1 is 1.67 bits per heavy atom. The van der Waals surface area contributed by atoms with Crippen LogP contribution in [0.4, 0.5) is 0 Å². The van der Waals surface area contributed by atoms with E-state index in [0.717, 1.165) is 0 Å². The Balaban J connectivity index is 0.000000250. The van der Waals surface area contributed by atoms with Gasteiger partial charge in [0.1, 0.15) is 0 Å². The van der Waals surface area contributed by atoms with Crippen LogP contribution in [0.25, 0.3) is 0 Å². The largest absolute Gasteiger partial charge is 0.394 e. The van der Waals surface area contributed by atoms with Gasteiger partial charge in [-0.1, -0.05) is 0 Å². The minimum Gasteiger partial charge on any atom is -0.394 e. The average molecular weight is 276 g/mol. The molecule has 1 rings (SSSR count). The fraction of sp³-hybridized carbons (Fsp3) is 0. The van der Waals surface area contributed by atoms with Crippen molar-refractivity contribution >= 4 is 11.3 Å². The Labute approximate surface area is 53.8 Å². The third-order valence-electron chi connectivity index (χ3n) is 0.309. The van der Waals surface area contributed by atoms with Crippen LogP contribution in [0, 0.1) is 5.51 Å². The zero-order valence-corrected chi connectivity index (χ0v) is 6.06. The molecular formula is C3H2IrNS-. The summed E-state index contributed by atoms with van der Waals surface area (Å²) in [6.07, 6.45) is 1.71. The summed E-state index contributed by atoms with van der Waals surface area (Å²) in [5.41, 5.74) is 2.65. The monoisotopic (exact) mass is 277 g/mol. The predicted octanol–water partition coefficient (Wildman–Crippen LogP) is 0.941. The Morgan fingerprint density at radius 3 is 2.67 bits per heavy atom.